The van der Waals surface area contributed by atoms with Crippen molar-refractivity contribution >= 4 is 28.9 Å². The van der Waals surface area contributed by atoms with Crippen LogP contribution in [0.2, 0.25) is 0 Å². The molecule has 0 fully saturated rings. The van der Waals surface area contributed by atoms with Gasteiger partial charge in [-0.25, -0.2) is 9.78 Å². The van der Waals surface area contributed by atoms with Crippen molar-refractivity contribution in [2.45, 2.75) is 6.42 Å². The maximum atomic E-state index is 12.1. The fourth-order valence-corrected chi connectivity index (χ4v) is 2.48. The molecule has 1 amide bonds. The van der Waals surface area contributed by atoms with Crippen LogP contribution in [0, 0.1) is 0 Å². The summed E-state index contributed by atoms with van der Waals surface area (Å²) < 4.78 is 9.71. The van der Waals surface area contributed by atoms with Crippen LogP contribution in [0.25, 0.3) is 0 Å². The Bertz CT molecular complexity index is 670. The molecular weight excluding hydrogens is 318 g/mol. The highest BCUT2D eigenvalue weighted by Crippen LogP contribution is 2.17. The Morgan fingerprint density at radius 1 is 1.30 bits per heavy atom. The third kappa shape index (κ3) is 5.04. The first-order valence-electron chi connectivity index (χ1n) is 6.88. The summed E-state index contributed by atoms with van der Waals surface area (Å²) in [5, 5.41) is 5.28. The standard InChI is InChI=1S/C15H17N3O4S/c1-21-14(19)8-22-11-4-2-10(3-5-11)17-15(20)12-9-23-13(18-12)6-7-16/h2-5,9H,6-8,16H2,1H3,(H,17,20). The molecule has 8 heteroatoms. The van der Waals surface area contributed by atoms with Crippen molar-refractivity contribution in [3.8, 4) is 5.75 Å². The fourth-order valence-electron chi connectivity index (χ4n) is 1.68. The second kappa shape index (κ2) is 8.25. The fraction of sp³-hybridized carbons (Fsp3) is 0.267. The molecule has 1 aromatic carbocycles. The molecule has 7 nitrogen and oxygen atoms in total. The number of nitrogens with two attached hydrogens (primary N) is 1. The van der Waals surface area contributed by atoms with Crippen molar-refractivity contribution in [2.24, 2.45) is 5.73 Å². The Balaban J connectivity index is 1.91. The second-order valence-corrected chi connectivity index (χ2v) is 5.45. The molecule has 2 aromatic rings. The molecule has 0 saturated carbocycles. The number of anilines is 1. The van der Waals surface area contributed by atoms with Gasteiger partial charge in [-0.05, 0) is 30.8 Å². The smallest absolute Gasteiger partial charge is 0.343 e. The summed E-state index contributed by atoms with van der Waals surface area (Å²) in [5.41, 5.74) is 6.43. The Kier molecular flexibility index (Phi) is 6.07. The van der Waals surface area contributed by atoms with Gasteiger partial charge in [0.1, 0.15) is 11.4 Å². The molecule has 122 valence electrons. The van der Waals surface area contributed by atoms with Crippen molar-refractivity contribution in [3.05, 3.63) is 40.3 Å². The molecule has 2 rings (SSSR count). The number of esters is 1. The number of hydrogen-bond donors (Lipinski definition) is 2. The highest BCUT2D eigenvalue weighted by molar-refractivity contribution is 7.09. The maximum absolute atomic E-state index is 12.1. The van der Waals surface area contributed by atoms with Gasteiger partial charge in [0.2, 0.25) is 0 Å². The number of ether oxygens (including phenoxy) is 2. The van der Waals surface area contributed by atoms with E-state index in [-0.39, 0.29) is 12.5 Å². The minimum absolute atomic E-state index is 0.162. The summed E-state index contributed by atoms with van der Waals surface area (Å²) in [7, 11) is 1.29. The predicted octanol–water partition coefficient (Wildman–Crippen LogP) is 1.45. The molecule has 23 heavy (non-hydrogen) atoms. The number of rotatable bonds is 7. The molecule has 0 spiro atoms. The Morgan fingerprint density at radius 3 is 2.70 bits per heavy atom. The normalized spacial score (nSPS) is 10.2. The number of thiazole rings is 1. The van der Waals surface area contributed by atoms with E-state index >= 15 is 0 Å². The highest BCUT2D eigenvalue weighted by atomic mass is 32.1. The third-order valence-electron chi connectivity index (χ3n) is 2.84. The van der Waals surface area contributed by atoms with Gasteiger partial charge in [0, 0.05) is 17.5 Å². The lowest BCUT2D eigenvalue weighted by atomic mass is 10.3. The summed E-state index contributed by atoms with van der Waals surface area (Å²) in [4.78, 5) is 27.3. The van der Waals surface area contributed by atoms with Crippen molar-refractivity contribution in [1.82, 2.24) is 4.98 Å². The van der Waals surface area contributed by atoms with Crippen LogP contribution < -0.4 is 15.8 Å². The Hall–Kier alpha value is -2.45. The van der Waals surface area contributed by atoms with Gasteiger partial charge in [-0.2, -0.15) is 0 Å². The predicted molar refractivity (Wildman–Crippen MR) is 86.8 cm³/mol. The van der Waals surface area contributed by atoms with E-state index in [9.17, 15) is 9.59 Å². The van der Waals surface area contributed by atoms with Crippen molar-refractivity contribution in [2.75, 3.05) is 25.6 Å². The second-order valence-electron chi connectivity index (χ2n) is 4.51. The lowest BCUT2D eigenvalue weighted by Crippen LogP contribution is -2.13. The lowest BCUT2D eigenvalue weighted by Gasteiger charge is -2.06. The van der Waals surface area contributed by atoms with Crippen LogP contribution in [0.3, 0.4) is 0 Å². The minimum atomic E-state index is -0.459. The average Bonchev–Trinajstić information content (AvgIpc) is 3.03. The molecule has 0 radical (unpaired) electrons. The summed E-state index contributed by atoms with van der Waals surface area (Å²) in [6, 6.07) is 6.66. The number of carbonyl (C=O) groups is 2. The number of aromatic nitrogens is 1. The van der Waals surface area contributed by atoms with Gasteiger partial charge in [0.25, 0.3) is 5.91 Å². The van der Waals surface area contributed by atoms with Gasteiger partial charge in [-0.1, -0.05) is 0 Å². The number of benzene rings is 1. The summed E-state index contributed by atoms with van der Waals surface area (Å²) in [6.45, 7) is 0.340. The first-order chi connectivity index (χ1) is 11.1. The number of nitrogens with zero attached hydrogens (tertiary/aromatic N) is 1. The molecule has 0 aliphatic carbocycles. The quantitative estimate of drug-likeness (QED) is 0.742. The van der Waals surface area contributed by atoms with Crippen molar-refractivity contribution in [1.29, 1.82) is 0 Å². The van der Waals surface area contributed by atoms with Crippen LogP contribution in [0.1, 0.15) is 15.5 Å². The van der Waals surface area contributed by atoms with Crippen LogP contribution in [-0.2, 0) is 16.0 Å². The third-order valence-corrected chi connectivity index (χ3v) is 3.75. The monoisotopic (exact) mass is 335 g/mol. The maximum Gasteiger partial charge on any atom is 0.343 e. The molecule has 0 saturated heterocycles. The summed E-state index contributed by atoms with van der Waals surface area (Å²) >= 11 is 1.41. The Labute approximate surface area is 137 Å². The molecule has 3 N–H and O–H groups in total. The molecule has 1 heterocycles. The van der Waals surface area contributed by atoms with E-state index in [4.69, 9.17) is 10.5 Å². The average molecular weight is 335 g/mol. The van der Waals surface area contributed by atoms with Crippen LogP contribution in [-0.4, -0.2) is 37.1 Å². The Morgan fingerprint density at radius 2 is 2.04 bits per heavy atom. The van der Waals surface area contributed by atoms with Gasteiger partial charge >= 0.3 is 5.97 Å². The number of hydrogen-bond acceptors (Lipinski definition) is 7. The van der Waals surface area contributed by atoms with Gasteiger partial charge in [-0.3, -0.25) is 4.79 Å². The molecule has 0 aliphatic rings. The van der Waals surface area contributed by atoms with E-state index < -0.39 is 5.97 Å². The van der Waals surface area contributed by atoms with E-state index in [2.05, 4.69) is 15.0 Å². The molecule has 0 aliphatic heterocycles. The van der Waals surface area contributed by atoms with Crippen molar-refractivity contribution < 1.29 is 19.1 Å². The van der Waals surface area contributed by atoms with E-state index in [0.29, 0.717) is 30.1 Å². The molecular formula is C15H17N3O4S. The van der Waals surface area contributed by atoms with Gasteiger partial charge in [0.05, 0.1) is 12.1 Å². The SMILES string of the molecule is COC(=O)COc1ccc(NC(=O)c2csc(CCN)n2)cc1. The van der Waals surface area contributed by atoms with E-state index in [0.717, 1.165) is 5.01 Å². The van der Waals surface area contributed by atoms with E-state index in [1.54, 1.807) is 29.6 Å². The van der Waals surface area contributed by atoms with Crippen LogP contribution in [0.15, 0.2) is 29.6 Å². The molecule has 0 bridgehead atoms. The number of carbonyl (C=O) groups excluding carboxylic acids is 2. The van der Waals surface area contributed by atoms with Crippen LogP contribution >= 0.6 is 11.3 Å². The zero-order chi connectivity index (χ0) is 16.7. The number of methoxy groups -OCH3 is 1. The molecule has 1 aromatic heterocycles. The topological polar surface area (TPSA) is 104 Å². The highest BCUT2D eigenvalue weighted by Gasteiger charge is 2.11. The molecule has 0 atom stereocenters. The van der Waals surface area contributed by atoms with Gasteiger partial charge < -0.3 is 20.5 Å². The van der Waals surface area contributed by atoms with Gasteiger partial charge in [-0.15, -0.1) is 11.3 Å². The van der Waals surface area contributed by atoms with Gasteiger partial charge in [0.15, 0.2) is 6.61 Å². The van der Waals surface area contributed by atoms with Crippen LogP contribution in [0.4, 0.5) is 5.69 Å². The van der Waals surface area contributed by atoms with Crippen LogP contribution in [0.5, 0.6) is 5.75 Å². The first-order valence-corrected chi connectivity index (χ1v) is 7.76. The van der Waals surface area contributed by atoms with E-state index in [1.807, 2.05) is 0 Å². The van der Waals surface area contributed by atoms with Crippen molar-refractivity contribution in [3.63, 3.8) is 0 Å². The molecule has 0 unspecified atom stereocenters. The number of amides is 1. The zero-order valence-corrected chi connectivity index (χ0v) is 13.4. The largest absolute Gasteiger partial charge is 0.482 e. The summed E-state index contributed by atoms with van der Waals surface area (Å²) in [6.07, 6.45) is 0.657. The minimum Gasteiger partial charge on any atom is -0.482 e. The number of nitrogens with one attached hydrogen (secondary N) is 1. The summed E-state index contributed by atoms with van der Waals surface area (Å²) in [5.74, 6) is -0.237. The lowest BCUT2D eigenvalue weighted by molar-refractivity contribution is -0.142. The first kappa shape index (κ1) is 16.9. The van der Waals surface area contributed by atoms with E-state index in [1.165, 1.54) is 18.4 Å². The zero-order valence-electron chi connectivity index (χ0n) is 12.6.